The van der Waals surface area contributed by atoms with Crippen molar-refractivity contribution in [3.8, 4) is 11.4 Å². The molecule has 1 N–H and O–H groups in total. The van der Waals surface area contributed by atoms with Gasteiger partial charge in [0.05, 0.1) is 6.54 Å². The summed E-state index contributed by atoms with van der Waals surface area (Å²) in [5.74, 6) is -2.30. The third kappa shape index (κ3) is 5.78. The number of benzene rings is 2. The molecule has 4 aromatic rings. The number of alkyl halides is 2. The summed E-state index contributed by atoms with van der Waals surface area (Å²) in [6.07, 6.45) is 1.60. The molecule has 35 heavy (non-hydrogen) atoms. The molecule has 2 aromatic heterocycles. The first kappa shape index (κ1) is 24.6. The molecular formula is C26H31F2N7. The van der Waals surface area contributed by atoms with Crippen LogP contribution in [-0.2, 0) is 24.3 Å². The molecule has 0 unspecified atom stereocenters. The van der Waals surface area contributed by atoms with Gasteiger partial charge in [-0.25, -0.2) is 9.67 Å². The number of hydrogen-bond acceptors (Lipinski definition) is 5. The van der Waals surface area contributed by atoms with E-state index in [0.717, 1.165) is 22.3 Å². The van der Waals surface area contributed by atoms with Crippen molar-refractivity contribution in [3.05, 3.63) is 76.9 Å². The quantitative estimate of drug-likeness (QED) is 0.334. The normalized spacial score (nSPS) is 12.3. The Morgan fingerprint density at radius 2 is 1.69 bits per heavy atom. The summed E-state index contributed by atoms with van der Waals surface area (Å²) in [5, 5.41) is 18.6. The smallest absolute Gasteiger partial charge is 0.245 e. The molecule has 2 aromatic carbocycles. The molecule has 0 atom stereocenters. The molecule has 7 nitrogen and oxygen atoms in total. The van der Waals surface area contributed by atoms with Crippen LogP contribution in [0.3, 0.4) is 0 Å². The Kier molecular flexibility index (Phi) is 7.05. The van der Waals surface area contributed by atoms with Gasteiger partial charge in [0.15, 0.2) is 0 Å². The molecule has 0 saturated heterocycles. The highest BCUT2D eigenvalue weighted by molar-refractivity contribution is 5.60. The van der Waals surface area contributed by atoms with E-state index in [1.54, 1.807) is 4.68 Å². The van der Waals surface area contributed by atoms with Gasteiger partial charge in [-0.2, -0.15) is 14.0 Å². The number of aromatic nitrogens is 7. The number of H-pyrrole nitrogens is 1. The van der Waals surface area contributed by atoms with Crippen molar-refractivity contribution in [2.75, 3.05) is 0 Å². The molecule has 0 fully saturated rings. The van der Waals surface area contributed by atoms with E-state index in [4.69, 9.17) is 0 Å². The first-order valence-corrected chi connectivity index (χ1v) is 11.9. The lowest BCUT2D eigenvalue weighted by Gasteiger charge is -2.18. The molecule has 0 bridgehead atoms. The highest BCUT2D eigenvalue weighted by atomic mass is 19.3. The van der Waals surface area contributed by atoms with Gasteiger partial charge in [-0.05, 0) is 34.7 Å². The minimum atomic E-state index is -3.03. The lowest BCUT2D eigenvalue weighted by Crippen LogP contribution is -2.20. The predicted molar refractivity (Wildman–Crippen MR) is 130 cm³/mol. The first-order valence-electron chi connectivity index (χ1n) is 11.9. The van der Waals surface area contributed by atoms with E-state index in [0.29, 0.717) is 37.5 Å². The molecule has 0 amide bonds. The summed E-state index contributed by atoms with van der Waals surface area (Å²) in [5.41, 5.74) is 3.70. The van der Waals surface area contributed by atoms with Gasteiger partial charge in [-0.15, -0.1) is 15.3 Å². The Balaban J connectivity index is 1.54. The molecule has 4 rings (SSSR count). The average Bonchev–Trinajstić information content (AvgIpc) is 3.50. The summed E-state index contributed by atoms with van der Waals surface area (Å²) < 4.78 is 31.0. The van der Waals surface area contributed by atoms with Crippen LogP contribution in [0.25, 0.3) is 11.4 Å². The summed E-state index contributed by atoms with van der Waals surface area (Å²) in [7, 11) is 0. The van der Waals surface area contributed by atoms with E-state index >= 15 is 0 Å². The van der Waals surface area contributed by atoms with E-state index in [1.165, 1.54) is 0 Å². The van der Waals surface area contributed by atoms with Gasteiger partial charge >= 0.3 is 5.92 Å². The van der Waals surface area contributed by atoms with E-state index in [2.05, 4.69) is 30.7 Å². The number of unbranched alkanes of at least 4 members (excludes halogenated alkanes) is 1. The molecule has 0 aliphatic rings. The van der Waals surface area contributed by atoms with Crippen LogP contribution in [-0.4, -0.2) is 35.4 Å². The van der Waals surface area contributed by atoms with Gasteiger partial charge in [0.25, 0.3) is 0 Å². The monoisotopic (exact) mass is 479 g/mol. The average molecular weight is 480 g/mol. The van der Waals surface area contributed by atoms with Gasteiger partial charge in [-0.3, -0.25) is 0 Å². The van der Waals surface area contributed by atoms with Gasteiger partial charge in [-0.1, -0.05) is 82.6 Å². The minimum Gasteiger partial charge on any atom is -0.245 e. The fraction of sp³-hybridized carbons (Fsp3) is 0.423. The maximum absolute atomic E-state index is 14.7. The van der Waals surface area contributed by atoms with Crippen LogP contribution >= 0.6 is 0 Å². The summed E-state index contributed by atoms with van der Waals surface area (Å²) in [6, 6.07) is 16.1. The summed E-state index contributed by atoms with van der Waals surface area (Å²) >= 11 is 0. The van der Waals surface area contributed by atoms with Crippen LogP contribution < -0.4 is 0 Å². The van der Waals surface area contributed by atoms with Gasteiger partial charge in [0, 0.05) is 17.4 Å². The molecule has 9 heteroatoms. The third-order valence-electron chi connectivity index (χ3n) is 5.87. The van der Waals surface area contributed by atoms with Crippen molar-refractivity contribution < 1.29 is 8.78 Å². The van der Waals surface area contributed by atoms with E-state index in [9.17, 15) is 8.78 Å². The van der Waals surface area contributed by atoms with Crippen molar-refractivity contribution in [2.45, 2.75) is 71.3 Å². The maximum Gasteiger partial charge on any atom is 0.308 e. The topological polar surface area (TPSA) is 85.2 Å². The van der Waals surface area contributed by atoms with Crippen LogP contribution in [0.15, 0.2) is 48.5 Å². The Labute approximate surface area is 204 Å². The number of tetrazole rings is 1. The number of nitrogens with one attached hydrogen (secondary N) is 1. The van der Waals surface area contributed by atoms with Crippen LogP contribution in [0.1, 0.15) is 75.3 Å². The van der Waals surface area contributed by atoms with Gasteiger partial charge in [0.1, 0.15) is 5.82 Å². The van der Waals surface area contributed by atoms with Crippen molar-refractivity contribution in [3.63, 3.8) is 0 Å². The zero-order valence-corrected chi connectivity index (χ0v) is 20.6. The zero-order chi connectivity index (χ0) is 25.1. The molecule has 2 heterocycles. The van der Waals surface area contributed by atoms with Crippen LogP contribution in [0, 0.1) is 0 Å². The highest BCUT2D eigenvalue weighted by Crippen LogP contribution is 2.33. The summed E-state index contributed by atoms with van der Waals surface area (Å²) in [4.78, 5) is 4.29. The van der Waals surface area contributed by atoms with Crippen molar-refractivity contribution >= 4 is 0 Å². The number of nitrogens with zero attached hydrogens (tertiary/aromatic N) is 6. The second-order valence-corrected chi connectivity index (χ2v) is 9.86. The second kappa shape index (κ2) is 10.0. The maximum atomic E-state index is 14.7. The fourth-order valence-corrected chi connectivity index (χ4v) is 4.00. The number of halogens is 2. The largest absolute Gasteiger partial charge is 0.308 e. The standard InChI is InChI=1S/C26H31F2N7/c1-5-6-15-26(27,28)23-29-24(25(2,3)4)35(32-23)17-19-13-11-18(12-14-19)16-20-9-7-8-10-21(20)22-30-33-34-31-22/h7-14H,5-6,15-17H2,1-4H3,(H,30,31,33,34). The van der Waals surface area contributed by atoms with Gasteiger partial charge in [0.2, 0.25) is 11.6 Å². The number of aromatic amines is 1. The SMILES string of the molecule is CCCCC(F)(F)c1nc(C(C)(C)C)n(Cc2ccc(Cc3ccccc3-c3nn[nH]n3)cc2)n1. The molecule has 0 saturated carbocycles. The molecule has 0 aliphatic heterocycles. The first-order chi connectivity index (χ1) is 16.7. The van der Waals surface area contributed by atoms with Crippen LogP contribution in [0.5, 0.6) is 0 Å². The Hall–Kier alpha value is -3.49. The molecule has 0 radical (unpaired) electrons. The minimum absolute atomic E-state index is 0.239. The molecule has 0 spiro atoms. The zero-order valence-electron chi connectivity index (χ0n) is 20.6. The molecular weight excluding hydrogens is 448 g/mol. The van der Waals surface area contributed by atoms with Gasteiger partial charge < -0.3 is 0 Å². The predicted octanol–water partition coefficient (Wildman–Crippen LogP) is 5.68. The lowest BCUT2D eigenvalue weighted by atomic mass is 9.95. The molecule has 0 aliphatic carbocycles. The number of rotatable bonds is 9. The van der Waals surface area contributed by atoms with Crippen molar-refractivity contribution in [1.82, 2.24) is 35.4 Å². The molecule has 184 valence electrons. The Morgan fingerprint density at radius 1 is 0.971 bits per heavy atom. The van der Waals surface area contributed by atoms with Crippen LogP contribution in [0.2, 0.25) is 0 Å². The highest BCUT2D eigenvalue weighted by Gasteiger charge is 2.38. The van der Waals surface area contributed by atoms with E-state index < -0.39 is 11.3 Å². The Bertz CT molecular complexity index is 1240. The fourth-order valence-electron chi connectivity index (χ4n) is 4.00. The third-order valence-corrected chi connectivity index (χ3v) is 5.87. The lowest BCUT2D eigenvalue weighted by molar-refractivity contribution is -0.0246. The number of hydrogen-bond donors (Lipinski definition) is 1. The van der Waals surface area contributed by atoms with E-state index in [1.807, 2.05) is 76.2 Å². The van der Waals surface area contributed by atoms with Crippen LogP contribution in [0.4, 0.5) is 8.78 Å². The second-order valence-electron chi connectivity index (χ2n) is 9.86. The van der Waals surface area contributed by atoms with E-state index in [-0.39, 0.29) is 12.2 Å². The summed E-state index contributed by atoms with van der Waals surface area (Å²) in [6.45, 7) is 8.17. The van der Waals surface area contributed by atoms with Crippen molar-refractivity contribution in [1.29, 1.82) is 0 Å². The van der Waals surface area contributed by atoms with Crippen molar-refractivity contribution in [2.24, 2.45) is 0 Å². The Morgan fingerprint density at radius 3 is 2.34 bits per heavy atom.